The van der Waals surface area contributed by atoms with Gasteiger partial charge in [-0.3, -0.25) is 0 Å². The molecule has 0 bridgehead atoms. The fourth-order valence-electron chi connectivity index (χ4n) is 2.24. The fraction of sp³-hybridized carbons (Fsp3) is 0.333. The first kappa shape index (κ1) is 14.1. The highest BCUT2D eigenvalue weighted by Gasteiger charge is 2.01. The van der Waals surface area contributed by atoms with E-state index in [9.17, 15) is 0 Å². The van der Waals surface area contributed by atoms with Crippen LogP contribution < -0.4 is 10.4 Å². The van der Waals surface area contributed by atoms with Gasteiger partial charge in [-0.05, 0) is 23.5 Å². The summed E-state index contributed by atoms with van der Waals surface area (Å²) in [5.41, 5.74) is 2.89. The Balaban J connectivity index is 2.04. The number of hydrogen-bond acceptors (Lipinski definition) is 0. The van der Waals surface area contributed by atoms with Gasteiger partial charge in [0.1, 0.15) is 9.52 Å². The molecule has 0 spiro atoms. The standard InChI is InChI=1S/C18H23Si/c1-4-5-15-6-10-17(11-7-15)19-18-12-8-16(9-13-18)14(2)3/h6-14,19H,4-5H2,1-3H3. The van der Waals surface area contributed by atoms with Crippen LogP contribution in [-0.2, 0) is 6.42 Å². The predicted molar refractivity (Wildman–Crippen MR) is 87.4 cm³/mol. The van der Waals surface area contributed by atoms with Crippen molar-refractivity contribution in [3.63, 3.8) is 0 Å². The van der Waals surface area contributed by atoms with Crippen LogP contribution in [0.4, 0.5) is 0 Å². The van der Waals surface area contributed by atoms with Gasteiger partial charge in [-0.25, -0.2) is 0 Å². The zero-order chi connectivity index (χ0) is 13.7. The average molecular weight is 267 g/mol. The minimum atomic E-state index is 0.230. The summed E-state index contributed by atoms with van der Waals surface area (Å²) < 4.78 is 0. The smallest absolute Gasteiger partial charge is 0.0651 e. The SMILES string of the molecule is CCCc1ccc([SiH]c2ccc(C(C)C)cc2)cc1. The molecule has 2 aromatic rings. The lowest BCUT2D eigenvalue weighted by Gasteiger charge is -2.07. The molecule has 0 heterocycles. The van der Waals surface area contributed by atoms with Gasteiger partial charge < -0.3 is 0 Å². The second kappa shape index (κ2) is 6.72. The van der Waals surface area contributed by atoms with Crippen LogP contribution in [0.3, 0.4) is 0 Å². The molecule has 2 rings (SSSR count). The minimum Gasteiger partial charge on any atom is -0.0651 e. The monoisotopic (exact) mass is 267 g/mol. The van der Waals surface area contributed by atoms with Crippen molar-refractivity contribution in [2.75, 3.05) is 0 Å². The molecule has 0 unspecified atom stereocenters. The van der Waals surface area contributed by atoms with E-state index in [1.165, 1.54) is 34.3 Å². The second-order valence-corrected chi connectivity index (χ2v) is 7.08. The topological polar surface area (TPSA) is 0 Å². The van der Waals surface area contributed by atoms with Crippen molar-refractivity contribution in [1.82, 2.24) is 0 Å². The van der Waals surface area contributed by atoms with Crippen LogP contribution in [0.25, 0.3) is 0 Å². The average Bonchev–Trinajstić information content (AvgIpc) is 2.42. The highest BCUT2D eigenvalue weighted by molar-refractivity contribution is 6.67. The van der Waals surface area contributed by atoms with E-state index in [1.807, 2.05) is 0 Å². The van der Waals surface area contributed by atoms with Crippen LogP contribution >= 0.6 is 0 Å². The van der Waals surface area contributed by atoms with Gasteiger partial charge in [0.15, 0.2) is 0 Å². The lowest BCUT2D eigenvalue weighted by Crippen LogP contribution is -2.26. The summed E-state index contributed by atoms with van der Waals surface area (Å²) in [6.07, 6.45) is 2.42. The molecule has 0 saturated carbocycles. The maximum absolute atomic E-state index is 2.30. The van der Waals surface area contributed by atoms with Crippen LogP contribution in [0.2, 0.25) is 0 Å². The molecule has 2 aromatic carbocycles. The Morgan fingerprint density at radius 3 is 1.84 bits per heavy atom. The van der Waals surface area contributed by atoms with Gasteiger partial charge in [-0.1, -0.05) is 86.1 Å². The third kappa shape index (κ3) is 4.07. The normalized spacial score (nSPS) is 10.9. The molecular weight excluding hydrogens is 244 g/mol. The quantitative estimate of drug-likeness (QED) is 0.730. The Bertz CT molecular complexity index is 494. The molecule has 0 saturated heterocycles. The second-order valence-electron chi connectivity index (χ2n) is 5.46. The van der Waals surface area contributed by atoms with Gasteiger partial charge >= 0.3 is 0 Å². The molecule has 0 atom stereocenters. The van der Waals surface area contributed by atoms with Crippen molar-refractivity contribution >= 4 is 19.9 Å². The Labute approximate surface area is 119 Å². The van der Waals surface area contributed by atoms with Gasteiger partial charge in [0, 0.05) is 0 Å². The van der Waals surface area contributed by atoms with E-state index in [2.05, 4.69) is 69.3 Å². The van der Waals surface area contributed by atoms with E-state index in [0.29, 0.717) is 5.92 Å². The third-order valence-corrected chi connectivity index (χ3v) is 4.89. The van der Waals surface area contributed by atoms with Crippen LogP contribution in [0.1, 0.15) is 44.2 Å². The molecule has 19 heavy (non-hydrogen) atoms. The molecule has 0 amide bonds. The van der Waals surface area contributed by atoms with Crippen molar-refractivity contribution in [3.8, 4) is 0 Å². The predicted octanol–water partition coefficient (Wildman–Crippen LogP) is 3.15. The lowest BCUT2D eigenvalue weighted by atomic mass is 10.0. The van der Waals surface area contributed by atoms with Crippen molar-refractivity contribution in [3.05, 3.63) is 59.7 Å². The molecule has 0 aliphatic rings. The summed E-state index contributed by atoms with van der Waals surface area (Å²) >= 11 is 0. The Hall–Kier alpha value is -1.34. The minimum absolute atomic E-state index is 0.230. The van der Waals surface area contributed by atoms with Gasteiger partial charge in [0.05, 0.1) is 0 Å². The first-order valence-electron chi connectivity index (χ1n) is 7.22. The number of rotatable bonds is 5. The molecule has 0 nitrogen and oxygen atoms in total. The van der Waals surface area contributed by atoms with Gasteiger partial charge in [-0.15, -0.1) is 0 Å². The van der Waals surface area contributed by atoms with Crippen LogP contribution in [0, 0.1) is 0 Å². The van der Waals surface area contributed by atoms with Crippen molar-refractivity contribution in [2.24, 2.45) is 0 Å². The van der Waals surface area contributed by atoms with Gasteiger partial charge in [0.2, 0.25) is 0 Å². The lowest BCUT2D eigenvalue weighted by molar-refractivity contribution is 0.867. The third-order valence-electron chi connectivity index (χ3n) is 3.45. The molecule has 0 aliphatic heterocycles. The van der Waals surface area contributed by atoms with Crippen molar-refractivity contribution in [2.45, 2.75) is 39.5 Å². The summed E-state index contributed by atoms with van der Waals surface area (Å²) in [5, 5.41) is 2.96. The molecule has 1 radical (unpaired) electrons. The molecule has 0 aromatic heterocycles. The van der Waals surface area contributed by atoms with E-state index in [-0.39, 0.29) is 9.52 Å². The van der Waals surface area contributed by atoms with E-state index >= 15 is 0 Å². The van der Waals surface area contributed by atoms with Crippen molar-refractivity contribution in [1.29, 1.82) is 0 Å². The summed E-state index contributed by atoms with van der Waals surface area (Å²) in [5.74, 6) is 0.623. The van der Waals surface area contributed by atoms with E-state index in [4.69, 9.17) is 0 Å². The summed E-state index contributed by atoms with van der Waals surface area (Å²) in [7, 11) is 0.230. The molecule has 0 aliphatic carbocycles. The largest absolute Gasteiger partial charge is 0.103 e. The van der Waals surface area contributed by atoms with E-state index < -0.39 is 0 Å². The van der Waals surface area contributed by atoms with Gasteiger partial charge in [0.25, 0.3) is 0 Å². The molecular formula is C18H23Si. The van der Waals surface area contributed by atoms with Crippen molar-refractivity contribution < 1.29 is 0 Å². The summed E-state index contributed by atoms with van der Waals surface area (Å²) in [6.45, 7) is 6.72. The molecule has 99 valence electrons. The maximum Gasteiger partial charge on any atom is 0.103 e. The zero-order valence-electron chi connectivity index (χ0n) is 12.2. The maximum atomic E-state index is 2.30. The number of hydrogen-bond donors (Lipinski definition) is 0. The molecule has 0 N–H and O–H groups in total. The number of aryl methyl sites for hydroxylation is 1. The fourth-order valence-corrected chi connectivity index (χ4v) is 3.39. The Morgan fingerprint density at radius 2 is 1.37 bits per heavy atom. The Morgan fingerprint density at radius 1 is 0.842 bits per heavy atom. The zero-order valence-corrected chi connectivity index (χ0v) is 13.3. The van der Waals surface area contributed by atoms with Crippen LogP contribution in [0.15, 0.2) is 48.5 Å². The van der Waals surface area contributed by atoms with E-state index in [0.717, 1.165) is 0 Å². The van der Waals surface area contributed by atoms with E-state index in [1.54, 1.807) is 0 Å². The Kier molecular flexibility index (Phi) is 4.98. The van der Waals surface area contributed by atoms with Gasteiger partial charge in [-0.2, -0.15) is 0 Å². The molecule has 0 fully saturated rings. The molecule has 1 heteroatoms. The summed E-state index contributed by atoms with van der Waals surface area (Å²) in [6, 6.07) is 18.3. The summed E-state index contributed by atoms with van der Waals surface area (Å²) in [4.78, 5) is 0. The number of benzene rings is 2. The highest BCUT2D eigenvalue weighted by atomic mass is 28.2. The highest BCUT2D eigenvalue weighted by Crippen LogP contribution is 2.11. The van der Waals surface area contributed by atoms with Crippen LogP contribution in [-0.4, -0.2) is 9.52 Å². The first-order chi connectivity index (χ1) is 9.19. The first-order valence-corrected chi connectivity index (χ1v) is 8.38. The van der Waals surface area contributed by atoms with Crippen LogP contribution in [0.5, 0.6) is 0 Å².